The molecule has 0 aromatic rings. The van der Waals surface area contributed by atoms with Gasteiger partial charge in [-0.15, -0.1) is 0 Å². The summed E-state index contributed by atoms with van der Waals surface area (Å²) in [7, 11) is -0.521. The minimum absolute atomic E-state index is 0.0402. The Morgan fingerprint density at radius 1 is 1.30 bits per heavy atom. The van der Waals surface area contributed by atoms with Gasteiger partial charge in [0.05, 0.1) is 0 Å². The topological polar surface area (TPSA) is 145 Å². The standard InChI is InChI=1S/C11H15BN4O6S/c1-23-14-4-6(10(21)13-5-9(19)20)15-11(22)12-16-7(17)2-3-8(16)18/h2-3,6,12,14H,4-5H2,1H3,(H,13,21)(H,15,22)(H,19,20). The van der Waals surface area contributed by atoms with Crippen molar-refractivity contribution in [2.24, 2.45) is 0 Å². The van der Waals surface area contributed by atoms with Gasteiger partial charge in [0.25, 0.3) is 0 Å². The van der Waals surface area contributed by atoms with E-state index in [-0.39, 0.29) is 6.54 Å². The molecular formula is C11H15BN4O6S. The van der Waals surface area contributed by atoms with Crippen molar-refractivity contribution in [3.05, 3.63) is 12.2 Å². The predicted molar refractivity (Wildman–Crippen MR) is 82.6 cm³/mol. The first-order chi connectivity index (χ1) is 10.8. The lowest BCUT2D eigenvalue weighted by atomic mass is 9.89. The molecule has 0 radical (unpaired) electrons. The Labute approximate surface area is 136 Å². The second-order valence-corrected chi connectivity index (χ2v) is 5.08. The average molecular weight is 342 g/mol. The number of nitrogens with one attached hydrogen (secondary N) is 3. The summed E-state index contributed by atoms with van der Waals surface area (Å²) in [4.78, 5) is 57.7. The summed E-state index contributed by atoms with van der Waals surface area (Å²) < 4.78 is 2.77. The lowest BCUT2D eigenvalue weighted by molar-refractivity contribution is -0.138. The number of carboxylic acid groups (broad SMARTS) is 1. The maximum atomic E-state index is 11.9. The maximum Gasteiger partial charge on any atom is 0.355 e. The van der Waals surface area contributed by atoms with Crippen LogP contribution in [0.1, 0.15) is 0 Å². The van der Waals surface area contributed by atoms with Crippen LogP contribution in [0.4, 0.5) is 4.79 Å². The van der Waals surface area contributed by atoms with E-state index >= 15 is 0 Å². The van der Waals surface area contributed by atoms with E-state index in [4.69, 9.17) is 5.11 Å². The summed E-state index contributed by atoms with van der Waals surface area (Å²) in [6, 6.07) is -1.05. The van der Waals surface area contributed by atoms with Crippen LogP contribution in [0.5, 0.6) is 0 Å². The smallest absolute Gasteiger partial charge is 0.355 e. The fraction of sp³-hybridized carbons (Fsp3) is 0.364. The summed E-state index contributed by atoms with van der Waals surface area (Å²) in [5.41, 5.74) is 0. The molecule has 12 heteroatoms. The number of carboxylic acids is 1. The normalized spacial score (nSPS) is 14.6. The van der Waals surface area contributed by atoms with Crippen molar-refractivity contribution in [1.29, 1.82) is 0 Å². The monoisotopic (exact) mass is 342 g/mol. The zero-order valence-corrected chi connectivity index (χ0v) is 13.0. The van der Waals surface area contributed by atoms with Crippen molar-refractivity contribution in [2.75, 3.05) is 19.3 Å². The second-order valence-electron chi connectivity index (χ2n) is 4.38. The SMILES string of the molecule is CSNCC(NC(=O)BN1C(=O)C=CC1=O)C(=O)NCC(=O)O. The molecule has 1 rings (SSSR count). The summed E-state index contributed by atoms with van der Waals surface area (Å²) in [5, 5.41) is 13.0. The fourth-order valence-electron chi connectivity index (χ4n) is 1.63. The molecule has 0 fully saturated rings. The van der Waals surface area contributed by atoms with Crippen molar-refractivity contribution >= 4 is 48.9 Å². The van der Waals surface area contributed by atoms with Crippen LogP contribution >= 0.6 is 11.9 Å². The highest BCUT2D eigenvalue weighted by Gasteiger charge is 2.29. The van der Waals surface area contributed by atoms with Crippen molar-refractivity contribution in [3.63, 3.8) is 0 Å². The van der Waals surface area contributed by atoms with Gasteiger partial charge >= 0.3 is 13.4 Å². The molecule has 1 atom stereocenters. The van der Waals surface area contributed by atoms with Crippen molar-refractivity contribution in [2.45, 2.75) is 6.04 Å². The van der Waals surface area contributed by atoms with E-state index in [2.05, 4.69) is 15.4 Å². The van der Waals surface area contributed by atoms with Gasteiger partial charge in [-0.3, -0.25) is 28.7 Å². The zero-order valence-electron chi connectivity index (χ0n) is 12.2. The Hall–Kier alpha value is -2.34. The van der Waals surface area contributed by atoms with E-state index in [1.807, 2.05) is 0 Å². The quantitative estimate of drug-likeness (QED) is 0.203. The van der Waals surface area contributed by atoms with Crippen LogP contribution in [0.3, 0.4) is 0 Å². The van der Waals surface area contributed by atoms with Crippen LogP contribution < -0.4 is 15.4 Å². The molecular weight excluding hydrogens is 327 g/mol. The van der Waals surface area contributed by atoms with Gasteiger partial charge in [0.1, 0.15) is 12.6 Å². The highest BCUT2D eigenvalue weighted by molar-refractivity contribution is 7.96. The van der Waals surface area contributed by atoms with Crippen LogP contribution in [0, 0.1) is 0 Å². The Bertz CT molecular complexity index is 537. The van der Waals surface area contributed by atoms with Gasteiger partial charge in [-0.2, -0.15) is 0 Å². The first-order valence-electron chi connectivity index (χ1n) is 6.43. The summed E-state index contributed by atoms with van der Waals surface area (Å²) in [5.74, 6) is -3.85. The Morgan fingerprint density at radius 2 is 1.91 bits per heavy atom. The molecule has 1 unspecified atom stereocenters. The number of imide groups is 1. The largest absolute Gasteiger partial charge is 0.480 e. The lowest BCUT2D eigenvalue weighted by Crippen LogP contribution is -2.54. The van der Waals surface area contributed by atoms with Crippen molar-refractivity contribution < 1.29 is 29.1 Å². The first kappa shape index (κ1) is 18.7. The van der Waals surface area contributed by atoms with E-state index in [9.17, 15) is 24.0 Å². The van der Waals surface area contributed by atoms with Gasteiger partial charge in [-0.25, -0.2) is 0 Å². The molecule has 0 bridgehead atoms. The van der Waals surface area contributed by atoms with E-state index in [0.717, 1.165) is 17.0 Å². The summed E-state index contributed by atoms with van der Waals surface area (Å²) in [6.07, 6.45) is 3.80. The van der Waals surface area contributed by atoms with Gasteiger partial charge in [-0.1, -0.05) is 11.9 Å². The van der Waals surface area contributed by atoms with Crippen LogP contribution in [0.2, 0.25) is 0 Å². The molecule has 0 spiro atoms. The molecule has 124 valence electrons. The number of hydrogen-bond acceptors (Lipinski definition) is 7. The summed E-state index contributed by atoms with van der Waals surface area (Å²) in [6.45, 7) is -0.546. The molecule has 0 aromatic carbocycles. The Morgan fingerprint density at radius 3 is 2.43 bits per heavy atom. The highest BCUT2D eigenvalue weighted by Crippen LogP contribution is 2.01. The van der Waals surface area contributed by atoms with E-state index < -0.39 is 49.5 Å². The van der Waals surface area contributed by atoms with Crippen molar-refractivity contribution in [1.82, 2.24) is 20.2 Å². The fourth-order valence-corrected chi connectivity index (χ4v) is 1.97. The van der Waals surface area contributed by atoms with E-state index in [1.54, 1.807) is 6.26 Å². The number of rotatable bonds is 9. The number of aliphatic carboxylic acids is 1. The van der Waals surface area contributed by atoms with Crippen LogP contribution in [-0.2, 0) is 19.2 Å². The van der Waals surface area contributed by atoms with Gasteiger partial charge < -0.3 is 20.6 Å². The van der Waals surface area contributed by atoms with Gasteiger partial charge in [0.2, 0.25) is 17.7 Å². The average Bonchev–Trinajstić information content (AvgIpc) is 2.80. The zero-order chi connectivity index (χ0) is 17.4. The number of carbonyl (C=O) groups is 5. The lowest BCUT2D eigenvalue weighted by Gasteiger charge is -2.19. The molecule has 1 aliphatic rings. The molecule has 23 heavy (non-hydrogen) atoms. The van der Waals surface area contributed by atoms with Crippen LogP contribution in [-0.4, -0.2) is 72.2 Å². The number of nitrogens with zero attached hydrogens (tertiary/aromatic N) is 1. The Kier molecular flexibility index (Phi) is 7.28. The minimum Gasteiger partial charge on any atom is -0.480 e. The third kappa shape index (κ3) is 6.12. The molecule has 0 saturated heterocycles. The van der Waals surface area contributed by atoms with Crippen LogP contribution in [0.15, 0.2) is 12.2 Å². The van der Waals surface area contributed by atoms with Gasteiger partial charge in [0, 0.05) is 18.7 Å². The molecule has 4 amide bonds. The molecule has 4 N–H and O–H groups in total. The van der Waals surface area contributed by atoms with Crippen LogP contribution in [0.25, 0.3) is 0 Å². The maximum absolute atomic E-state index is 11.9. The molecule has 10 nitrogen and oxygen atoms in total. The third-order valence-corrected chi connectivity index (χ3v) is 3.15. The molecule has 0 aromatic heterocycles. The first-order valence-corrected chi connectivity index (χ1v) is 7.66. The van der Waals surface area contributed by atoms with Gasteiger partial charge in [0.15, 0.2) is 5.81 Å². The number of carbonyl (C=O) groups excluding carboxylic acids is 4. The predicted octanol–water partition coefficient (Wildman–Crippen LogP) is -2.59. The molecule has 0 aliphatic carbocycles. The van der Waals surface area contributed by atoms with Crippen molar-refractivity contribution in [3.8, 4) is 0 Å². The second kappa shape index (κ2) is 8.95. The van der Waals surface area contributed by atoms with E-state index in [0.29, 0.717) is 0 Å². The van der Waals surface area contributed by atoms with E-state index in [1.165, 1.54) is 11.9 Å². The minimum atomic E-state index is -1.22. The molecule has 1 aliphatic heterocycles. The summed E-state index contributed by atoms with van der Waals surface area (Å²) >= 11 is 1.21. The molecule has 1 heterocycles. The highest BCUT2D eigenvalue weighted by atomic mass is 32.2. The van der Waals surface area contributed by atoms with Gasteiger partial charge in [-0.05, 0) is 6.26 Å². The Balaban J connectivity index is 2.59. The number of hydrogen-bond donors (Lipinski definition) is 4. The number of amides is 4. The molecule has 0 saturated carbocycles. The third-order valence-electron chi connectivity index (χ3n) is 2.70.